The van der Waals surface area contributed by atoms with Crippen LogP contribution in [-0.2, 0) is 9.53 Å². The molecule has 2 unspecified atom stereocenters. The van der Waals surface area contributed by atoms with Gasteiger partial charge in [0, 0.05) is 5.92 Å². The van der Waals surface area contributed by atoms with Gasteiger partial charge in [0.15, 0.2) is 0 Å². The molecule has 0 aliphatic heterocycles. The molecule has 0 N–H and O–H groups in total. The van der Waals surface area contributed by atoms with Crippen LogP contribution in [0.15, 0.2) is 24.3 Å². The summed E-state index contributed by atoms with van der Waals surface area (Å²) < 4.78 is 5.75. The summed E-state index contributed by atoms with van der Waals surface area (Å²) in [4.78, 5) is 12.1. The second-order valence-electron chi connectivity index (χ2n) is 5.47. The van der Waals surface area contributed by atoms with Crippen molar-refractivity contribution in [3.63, 3.8) is 0 Å². The molecule has 0 spiro atoms. The van der Waals surface area contributed by atoms with Crippen molar-refractivity contribution in [3.8, 4) is 0 Å². The van der Waals surface area contributed by atoms with E-state index in [1.807, 2.05) is 25.2 Å². The first kappa shape index (κ1) is 12.4. The van der Waals surface area contributed by atoms with Crippen LogP contribution in [-0.4, -0.2) is 11.6 Å². The Bertz CT molecular complexity index is 337. The molecule has 1 fully saturated rings. The van der Waals surface area contributed by atoms with Crippen molar-refractivity contribution in [1.82, 2.24) is 0 Å². The second kappa shape index (κ2) is 5.07. The van der Waals surface area contributed by atoms with E-state index in [-0.39, 0.29) is 17.8 Å². The Morgan fingerprint density at radius 1 is 1.24 bits per heavy atom. The number of allylic oxidation sites excluding steroid dienone is 2. The monoisotopic (exact) mass is 234 g/mol. The van der Waals surface area contributed by atoms with E-state index < -0.39 is 5.60 Å². The predicted octanol–water partition coefficient (Wildman–Crippen LogP) is 3.63. The van der Waals surface area contributed by atoms with Crippen LogP contribution in [0.3, 0.4) is 0 Å². The number of carbonyl (C=O) groups excluding carboxylic acids is 1. The van der Waals surface area contributed by atoms with Gasteiger partial charge in [0.05, 0.1) is 5.92 Å². The van der Waals surface area contributed by atoms with E-state index in [9.17, 15) is 4.79 Å². The lowest BCUT2D eigenvalue weighted by molar-refractivity contribution is -0.162. The van der Waals surface area contributed by atoms with E-state index in [0.717, 1.165) is 12.8 Å². The third kappa shape index (κ3) is 2.80. The van der Waals surface area contributed by atoms with Gasteiger partial charge in [0.25, 0.3) is 0 Å². The van der Waals surface area contributed by atoms with Crippen LogP contribution in [0.4, 0.5) is 0 Å². The molecule has 2 nitrogen and oxygen atoms in total. The first-order valence-corrected chi connectivity index (χ1v) is 6.71. The third-order valence-corrected chi connectivity index (χ3v) is 4.10. The summed E-state index contributed by atoms with van der Waals surface area (Å²) in [6.07, 6.45) is 13.7. The average molecular weight is 234 g/mol. The highest BCUT2D eigenvalue weighted by atomic mass is 16.6. The van der Waals surface area contributed by atoms with Crippen LogP contribution in [0.2, 0.25) is 0 Å². The maximum Gasteiger partial charge on any atom is 0.309 e. The van der Waals surface area contributed by atoms with Crippen LogP contribution in [0.1, 0.15) is 46.0 Å². The molecule has 0 radical (unpaired) electrons. The fourth-order valence-electron chi connectivity index (χ4n) is 2.59. The number of carbonyl (C=O) groups is 1. The van der Waals surface area contributed by atoms with Gasteiger partial charge in [-0.15, -0.1) is 0 Å². The number of hydrogen-bond donors (Lipinski definition) is 0. The molecule has 0 bridgehead atoms. The molecule has 0 amide bonds. The van der Waals surface area contributed by atoms with Crippen molar-refractivity contribution in [2.75, 3.05) is 0 Å². The molecule has 0 aromatic rings. The van der Waals surface area contributed by atoms with Gasteiger partial charge >= 0.3 is 5.97 Å². The topological polar surface area (TPSA) is 26.3 Å². The maximum absolute atomic E-state index is 12.1. The van der Waals surface area contributed by atoms with Gasteiger partial charge in [-0.1, -0.05) is 44.4 Å². The summed E-state index contributed by atoms with van der Waals surface area (Å²) in [6.45, 7) is 4.09. The summed E-state index contributed by atoms with van der Waals surface area (Å²) in [5, 5.41) is 0. The maximum atomic E-state index is 12.1. The summed E-state index contributed by atoms with van der Waals surface area (Å²) in [5.41, 5.74) is -0.455. The molecule has 2 rings (SSSR count). The van der Waals surface area contributed by atoms with E-state index in [1.165, 1.54) is 19.3 Å². The minimum Gasteiger partial charge on any atom is -0.454 e. The molecule has 2 aliphatic rings. The molecular weight excluding hydrogens is 212 g/mol. The Morgan fingerprint density at radius 2 is 1.94 bits per heavy atom. The minimum absolute atomic E-state index is 0.000926. The summed E-state index contributed by atoms with van der Waals surface area (Å²) >= 11 is 0. The minimum atomic E-state index is -0.455. The van der Waals surface area contributed by atoms with E-state index >= 15 is 0 Å². The highest BCUT2D eigenvalue weighted by Crippen LogP contribution is 2.31. The lowest BCUT2D eigenvalue weighted by Crippen LogP contribution is -2.39. The molecule has 1 saturated carbocycles. The van der Waals surface area contributed by atoms with E-state index in [4.69, 9.17) is 4.74 Å². The van der Waals surface area contributed by atoms with Crippen LogP contribution in [0, 0.1) is 11.8 Å². The first-order valence-electron chi connectivity index (χ1n) is 6.71. The zero-order valence-corrected chi connectivity index (χ0v) is 10.8. The van der Waals surface area contributed by atoms with Crippen molar-refractivity contribution in [1.29, 1.82) is 0 Å². The molecule has 2 heteroatoms. The Balaban J connectivity index is 1.97. The molecule has 94 valence electrons. The van der Waals surface area contributed by atoms with Crippen molar-refractivity contribution in [3.05, 3.63) is 24.3 Å². The van der Waals surface area contributed by atoms with Crippen molar-refractivity contribution < 1.29 is 9.53 Å². The smallest absolute Gasteiger partial charge is 0.309 e. The quantitative estimate of drug-likeness (QED) is 0.682. The lowest BCUT2D eigenvalue weighted by Gasteiger charge is -2.34. The first-order chi connectivity index (χ1) is 8.12. The molecule has 17 heavy (non-hydrogen) atoms. The molecule has 0 aromatic carbocycles. The molecule has 0 aromatic heterocycles. The standard InChI is InChI=1S/C15H22O2/c1-12-8-6-7-11-15(12,2)17-14(16)13-9-4-3-5-10-13/h6-8,11-13H,3-5,9-10H2,1-2H3. The molecule has 0 heterocycles. The molecule has 2 aliphatic carbocycles. The van der Waals surface area contributed by atoms with E-state index in [1.54, 1.807) is 0 Å². The van der Waals surface area contributed by atoms with Crippen LogP contribution < -0.4 is 0 Å². The Kier molecular flexibility index (Phi) is 3.70. The number of hydrogen-bond acceptors (Lipinski definition) is 2. The fourth-order valence-corrected chi connectivity index (χ4v) is 2.59. The SMILES string of the molecule is CC1C=CC=CC1(C)OC(=O)C1CCCCC1. The average Bonchev–Trinajstić information content (AvgIpc) is 2.34. The van der Waals surface area contributed by atoms with E-state index in [0.29, 0.717) is 0 Å². The molecular formula is C15H22O2. The third-order valence-electron chi connectivity index (χ3n) is 4.10. The Labute approximate surface area is 104 Å². The number of ether oxygens (including phenoxy) is 1. The normalized spacial score (nSPS) is 33.6. The highest BCUT2D eigenvalue weighted by molar-refractivity contribution is 5.73. The number of esters is 1. The Morgan fingerprint density at radius 3 is 2.59 bits per heavy atom. The zero-order valence-electron chi connectivity index (χ0n) is 10.8. The van der Waals surface area contributed by atoms with Crippen LogP contribution in [0.25, 0.3) is 0 Å². The van der Waals surface area contributed by atoms with Crippen molar-refractivity contribution in [2.45, 2.75) is 51.6 Å². The highest BCUT2D eigenvalue weighted by Gasteiger charge is 2.35. The van der Waals surface area contributed by atoms with Gasteiger partial charge in [-0.05, 0) is 25.8 Å². The molecule has 2 atom stereocenters. The number of rotatable bonds is 2. The fraction of sp³-hybridized carbons (Fsp3) is 0.667. The van der Waals surface area contributed by atoms with Gasteiger partial charge in [-0.2, -0.15) is 0 Å². The van der Waals surface area contributed by atoms with Gasteiger partial charge in [-0.3, -0.25) is 4.79 Å². The van der Waals surface area contributed by atoms with Gasteiger partial charge in [0.1, 0.15) is 5.60 Å². The van der Waals surface area contributed by atoms with Crippen molar-refractivity contribution >= 4 is 5.97 Å². The van der Waals surface area contributed by atoms with Gasteiger partial charge in [0.2, 0.25) is 0 Å². The predicted molar refractivity (Wildman–Crippen MR) is 68.5 cm³/mol. The summed E-state index contributed by atoms with van der Waals surface area (Å²) in [6, 6.07) is 0. The largest absolute Gasteiger partial charge is 0.454 e. The van der Waals surface area contributed by atoms with E-state index in [2.05, 4.69) is 13.0 Å². The van der Waals surface area contributed by atoms with Gasteiger partial charge in [-0.25, -0.2) is 0 Å². The Hall–Kier alpha value is -1.05. The molecule has 0 saturated heterocycles. The summed E-state index contributed by atoms with van der Waals surface area (Å²) in [5.74, 6) is 0.381. The van der Waals surface area contributed by atoms with Crippen LogP contribution in [0.5, 0.6) is 0 Å². The van der Waals surface area contributed by atoms with Gasteiger partial charge < -0.3 is 4.74 Å². The van der Waals surface area contributed by atoms with Crippen LogP contribution >= 0.6 is 0 Å². The lowest BCUT2D eigenvalue weighted by atomic mass is 9.85. The van der Waals surface area contributed by atoms with Crippen molar-refractivity contribution in [2.24, 2.45) is 11.8 Å². The second-order valence-corrected chi connectivity index (χ2v) is 5.47. The summed E-state index contributed by atoms with van der Waals surface area (Å²) in [7, 11) is 0. The zero-order chi connectivity index (χ0) is 12.3.